The first-order chi connectivity index (χ1) is 7.31. The van der Waals surface area contributed by atoms with E-state index in [4.69, 9.17) is 0 Å². The number of pyridine rings is 1. The van der Waals surface area contributed by atoms with Crippen LogP contribution in [0.15, 0.2) is 23.5 Å². The van der Waals surface area contributed by atoms with Crippen LogP contribution in [0.25, 0.3) is 11.2 Å². The highest BCUT2D eigenvalue weighted by atomic mass is 32.2. The Morgan fingerprint density at radius 1 is 1.40 bits per heavy atom. The van der Waals surface area contributed by atoms with Gasteiger partial charge in [-0.3, -0.25) is 0 Å². The number of unbranched alkanes of at least 4 members (excludes halogenated alkanes) is 1. The SMILES string of the molecule is CCCCSc1ccc2ncn(C)c2n1. The van der Waals surface area contributed by atoms with Crippen LogP contribution in [-0.4, -0.2) is 20.3 Å². The van der Waals surface area contributed by atoms with E-state index in [1.54, 1.807) is 6.33 Å². The number of aromatic nitrogens is 3. The lowest BCUT2D eigenvalue weighted by molar-refractivity contribution is 0.893. The van der Waals surface area contributed by atoms with Crippen LogP contribution in [0.4, 0.5) is 0 Å². The topological polar surface area (TPSA) is 30.7 Å². The molecule has 0 spiro atoms. The molecule has 0 atom stereocenters. The smallest absolute Gasteiger partial charge is 0.160 e. The normalized spacial score (nSPS) is 11.1. The Hall–Kier alpha value is -1.03. The molecule has 2 rings (SSSR count). The second kappa shape index (κ2) is 4.66. The summed E-state index contributed by atoms with van der Waals surface area (Å²) in [5.41, 5.74) is 1.94. The van der Waals surface area contributed by atoms with E-state index in [1.165, 1.54) is 12.8 Å². The van der Waals surface area contributed by atoms with Gasteiger partial charge in [0.15, 0.2) is 5.65 Å². The summed E-state index contributed by atoms with van der Waals surface area (Å²) in [6.07, 6.45) is 4.29. The van der Waals surface area contributed by atoms with Crippen LogP contribution in [-0.2, 0) is 7.05 Å². The number of hydrogen-bond acceptors (Lipinski definition) is 3. The molecule has 2 heterocycles. The van der Waals surface area contributed by atoms with Crippen molar-refractivity contribution in [2.45, 2.75) is 24.8 Å². The minimum atomic E-state index is 0.969. The number of nitrogens with zero attached hydrogens (tertiary/aromatic N) is 3. The highest BCUT2D eigenvalue weighted by Crippen LogP contribution is 2.19. The minimum absolute atomic E-state index is 0.969. The van der Waals surface area contributed by atoms with Crippen LogP contribution < -0.4 is 0 Å². The van der Waals surface area contributed by atoms with Crippen molar-refractivity contribution in [2.75, 3.05) is 5.75 Å². The maximum Gasteiger partial charge on any atom is 0.160 e. The van der Waals surface area contributed by atoms with Gasteiger partial charge in [-0.2, -0.15) is 0 Å². The molecule has 2 aromatic rings. The molecule has 80 valence electrons. The zero-order valence-corrected chi connectivity index (χ0v) is 9.92. The van der Waals surface area contributed by atoms with Gasteiger partial charge in [0, 0.05) is 7.05 Å². The Labute approximate surface area is 93.9 Å². The van der Waals surface area contributed by atoms with Crippen molar-refractivity contribution in [3.8, 4) is 0 Å². The first kappa shape index (κ1) is 10.5. The van der Waals surface area contributed by atoms with Gasteiger partial charge in [0.1, 0.15) is 5.52 Å². The van der Waals surface area contributed by atoms with E-state index in [0.717, 1.165) is 21.9 Å². The van der Waals surface area contributed by atoms with Crippen LogP contribution in [0.3, 0.4) is 0 Å². The molecule has 0 N–H and O–H groups in total. The van der Waals surface area contributed by atoms with E-state index >= 15 is 0 Å². The maximum absolute atomic E-state index is 4.57. The third-order valence-electron chi connectivity index (χ3n) is 2.28. The molecule has 0 radical (unpaired) electrons. The van der Waals surface area contributed by atoms with Crippen LogP contribution >= 0.6 is 11.8 Å². The zero-order valence-electron chi connectivity index (χ0n) is 9.10. The molecular weight excluding hydrogens is 206 g/mol. The number of thioether (sulfide) groups is 1. The van der Waals surface area contributed by atoms with Gasteiger partial charge in [-0.1, -0.05) is 13.3 Å². The fourth-order valence-corrected chi connectivity index (χ4v) is 2.35. The van der Waals surface area contributed by atoms with Crippen molar-refractivity contribution in [3.05, 3.63) is 18.5 Å². The van der Waals surface area contributed by atoms with Gasteiger partial charge >= 0.3 is 0 Å². The van der Waals surface area contributed by atoms with Crippen molar-refractivity contribution in [1.29, 1.82) is 0 Å². The Balaban J connectivity index is 2.18. The quantitative estimate of drug-likeness (QED) is 0.587. The van der Waals surface area contributed by atoms with E-state index < -0.39 is 0 Å². The maximum atomic E-state index is 4.57. The first-order valence-corrected chi connectivity index (χ1v) is 6.20. The summed E-state index contributed by atoms with van der Waals surface area (Å²) in [4.78, 5) is 8.82. The van der Waals surface area contributed by atoms with Crippen LogP contribution in [0.2, 0.25) is 0 Å². The monoisotopic (exact) mass is 221 g/mol. The molecule has 2 aromatic heterocycles. The van der Waals surface area contributed by atoms with Gasteiger partial charge in [0.25, 0.3) is 0 Å². The molecule has 0 fully saturated rings. The van der Waals surface area contributed by atoms with E-state index in [1.807, 2.05) is 29.4 Å². The van der Waals surface area contributed by atoms with Crippen molar-refractivity contribution >= 4 is 22.9 Å². The van der Waals surface area contributed by atoms with Crippen molar-refractivity contribution in [1.82, 2.24) is 14.5 Å². The molecule has 0 aliphatic rings. The van der Waals surface area contributed by atoms with Gasteiger partial charge in [0.05, 0.1) is 11.4 Å². The predicted octanol–water partition coefficient (Wildman–Crippen LogP) is 2.86. The van der Waals surface area contributed by atoms with Crippen LogP contribution in [0.5, 0.6) is 0 Å². The number of hydrogen-bond donors (Lipinski definition) is 0. The molecule has 15 heavy (non-hydrogen) atoms. The Bertz CT molecular complexity index is 450. The summed E-state index contributed by atoms with van der Waals surface area (Å²) in [6, 6.07) is 4.09. The van der Waals surface area contributed by atoms with E-state index in [9.17, 15) is 0 Å². The molecule has 4 heteroatoms. The fraction of sp³-hybridized carbons (Fsp3) is 0.455. The fourth-order valence-electron chi connectivity index (χ4n) is 1.39. The van der Waals surface area contributed by atoms with Gasteiger partial charge in [-0.25, -0.2) is 9.97 Å². The second-order valence-corrected chi connectivity index (χ2v) is 4.66. The average molecular weight is 221 g/mol. The predicted molar refractivity (Wildman–Crippen MR) is 64.1 cm³/mol. The summed E-state index contributed by atoms with van der Waals surface area (Å²) in [5, 5.41) is 1.10. The van der Waals surface area contributed by atoms with Crippen molar-refractivity contribution in [3.63, 3.8) is 0 Å². The minimum Gasteiger partial charge on any atom is -0.318 e. The Morgan fingerprint density at radius 2 is 2.27 bits per heavy atom. The number of aryl methyl sites for hydroxylation is 1. The highest BCUT2D eigenvalue weighted by Gasteiger charge is 2.02. The van der Waals surface area contributed by atoms with Gasteiger partial charge in [0.2, 0.25) is 0 Å². The third-order valence-corrected chi connectivity index (χ3v) is 3.30. The lowest BCUT2D eigenvalue weighted by Crippen LogP contribution is -1.89. The first-order valence-electron chi connectivity index (χ1n) is 5.22. The number of imidazole rings is 1. The molecular formula is C11H15N3S. The summed E-state index contributed by atoms with van der Waals surface area (Å²) in [6.45, 7) is 2.21. The Kier molecular flexibility index (Phi) is 3.26. The van der Waals surface area contributed by atoms with Crippen LogP contribution in [0, 0.1) is 0 Å². The molecule has 0 saturated heterocycles. The molecule has 0 saturated carbocycles. The average Bonchev–Trinajstić information content (AvgIpc) is 2.61. The Morgan fingerprint density at radius 3 is 3.07 bits per heavy atom. The van der Waals surface area contributed by atoms with Crippen molar-refractivity contribution in [2.24, 2.45) is 7.05 Å². The molecule has 0 bridgehead atoms. The molecule has 0 aliphatic heterocycles. The summed E-state index contributed by atoms with van der Waals surface area (Å²) in [5.74, 6) is 1.15. The molecule has 0 aromatic carbocycles. The standard InChI is InChI=1S/C11H15N3S/c1-3-4-7-15-10-6-5-9-11(13-10)14(2)8-12-9/h5-6,8H,3-4,7H2,1-2H3. The zero-order chi connectivity index (χ0) is 10.7. The molecule has 0 aliphatic carbocycles. The second-order valence-electron chi connectivity index (χ2n) is 3.55. The highest BCUT2D eigenvalue weighted by molar-refractivity contribution is 7.99. The van der Waals surface area contributed by atoms with Crippen molar-refractivity contribution < 1.29 is 0 Å². The molecule has 0 amide bonds. The lowest BCUT2D eigenvalue weighted by Gasteiger charge is -2.00. The van der Waals surface area contributed by atoms with E-state index in [-0.39, 0.29) is 0 Å². The summed E-state index contributed by atoms with van der Waals surface area (Å²) in [7, 11) is 1.98. The van der Waals surface area contributed by atoms with E-state index in [0.29, 0.717) is 0 Å². The van der Waals surface area contributed by atoms with E-state index in [2.05, 4.69) is 23.0 Å². The number of fused-ring (bicyclic) bond motifs is 1. The molecule has 3 nitrogen and oxygen atoms in total. The third kappa shape index (κ3) is 2.31. The summed E-state index contributed by atoms with van der Waals surface area (Å²) < 4.78 is 1.96. The summed E-state index contributed by atoms with van der Waals surface area (Å²) >= 11 is 1.82. The molecule has 0 unspecified atom stereocenters. The van der Waals surface area contributed by atoms with Gasteiger partial charge in [-0.05, 0) is 24.3 Å². The van der Waals surface area contributed by atoms with Gasteiger partial charge in [-0.15, -0.1) is 11.8 Å². The largest absolute Gasteiger partial charge is 0.318 e. The lowest BCUT2D eigenvalue weighted by atomic mass is 10.4. The van der Waals surface area contributed by atoms with Crippen LogP contribution in [0.1, 0.15) is 19.8 Å². The number of rotatable bonds is 4. The van der Waals surface area contributed by atoms with Gasteiger partial charge < -0.3 is 4.57 Å².